The summed E-state index contributed by atoms with van der Waals surface area (Å²) in [6.07, 6.45) is 4.48. The number of carboxylic acid groups (broad SMARTS) is 1. The van der Waals surface area contributed by atoms with Crippen LogP contribution >= 0.6 is 11.8 Å². The number of fused-ring (bicyclic) bond motifs is 1. The van der Waals surface area contributed by atoms with Crippen molar-refractivity contribution in [3.05, 3.63) is 17.6 Å². The maximum Gasteiger partial charge on any atom is 0.327 e. The first-order chi connectivity index (χ1) is 9.08. The predicted molar refractivity (Wildman–Crippen MR) is 70.0 cm³/mol. The first kappa shape index (κ1) is 13.8. The summed E-state index contributed by atoms with van der Waals surface area (Å²) in [5.74, 6) is -1.12. The zero-order valence-corrected chi connectivity index (χ0v) is 11.4. The van der Waals surface area contributed by atoms with Crippen molar-refractivity contribution in [1.82, 2.24) is 15.3 Å². The molecule has 0 aromatic carbocycles. The molecule has 2 rings (SSSR count). The Morgan fingerprint density at radius 1 is 1.47 bits per heavy atom. The smallest absolute Gasteiger partial charge is 0.327 e. The van der Waals surface area contributed by atoms with Crippen LogP contribution in [0, 0.1) is 0 Å². The van der Waals surface area contributed by atoms with E-state index >= 15 is 0 Å². The van der Waals surface area contributed by atoms with E-state index in [4.69, 9.17) is 5.11 Å². The van der Waals surface area contributed by atoms with Crippen LogP contribution in [0.25, 0.3) is 0 Å². The Morgan fingerprint density at radius 3 is 2.95 bits per heavy atom. The Bertz CT molecular complexity index is 507. The Balaban J connectivity index is 2.03. The standard InChI is InChI=1S/C12H15N3O3S/c1-7(16)15-10(12(17)18)5-19-11-8-3-2-4-9(8)13-6-14-11/h6,10H,2-5H2,1H3,(H,15,16)(H,17,18). The van der Waals surface area contributed by atoms with E-state index in [0.29, 0.717) is 0 Å². The number of aliphatic carboxylic acids is 1. The number of carbonyl (C=O) groups excluding carboxylic acids is 1. The average Bonchev–Trinajstić information content (AvgIpc) is 2.82. The van der Waals surface area contributed by atoms with Crippen LogP contribution in [-0.4, -0.2) is 38.7 Å². The topological polar surface area (TPSA) is 92.2 Å². The Hall–Kier alpha value is -1.63. The fourth-order valence-corrected chi connectivity index (χ4v) is 3.10. The molecule has 1 heterocycles. The summed E-state index contributed by atoms with van der Waals surface area (Å²) < 4.78 is 0. The minimum atomic E-state index is -1.03. The molecule has 0 bridgehead atoms. The number of hydrogen-bond donors (Lipinski definition) is 2. The first-order valence-corrected chi connectivity index (χ1v) is 7.02. The molecule has 6 nitrogen and oxygen atoms in total. The molecule has 102 valence electrons. The highest BCUT2D eigenvalue weighted by atomic mass is 32.2. The van der Waals surface area contributed by atoms with Gasteiger partial charge in [-0.25, -0.2) is 14.8 Å². The van der Waals surface area contributed by atoms with Gasteiger partial charge >= 0.3 is 5.97 Å². The zero-order valence-electron chi connectivity index (χ0n) is 10.5. The lowest BCUT2D eigenvalue weighted by Gasteiger charge is -2.13. The molecule has 1 unspecified atom stereocenters. The fourth-order valence-electron chi connectivity index (χ4n) is 2.04. The fraction of sp³-hybridized carbons (Fsp3) is 0.500. The monoisotopic (exact) mass is 281 g/mol. The van der Waals surface area contributed by atoms with E-state index in [1.807, 2.05) is 0 Å². The quantitative estimate of drug-likeness (QED) is 0.608. The summed E-state index contributed by atoms with van der Waals surface area (Å²) in [4.78, 5) is 30.4. The lowest BCUT2D eigenvalue weighted by atomic mass is 10.3. The summed E-state index contributed by atoms with van der Waals surface area (Å²) in [5.41, 5.74) is 2.18. The number of nitrogens with zero attached hydrogens (tertiary/aromatic N) is 2. The summed E-state index contributed by atoms with van der Waals surface area (Å²) in [5, 5.41) is 12.3. The van der Waals surface area contributed by atoms with Crippen molar-refractivity contribution in [3.63, 3.8) is 0 Å². The SMILES string of the molecule is CC(=O)NC(CSc1ncnc2c1CCC2)C(=O)O. The second kappa shape index (κ2) is 6.01. The van der Waals surface area contributed by atoms with E-state index in [1.165, 1.54) is 25.0 Å². The summed E-state index contributed by atoms with van der Waals surface area (Å²) >= 11 is 1.36. The summed E-state index contributed by atoms with van der Waals surface area (Å²) in [6.45, 7) is 1.31. The van der Waals surface area contributed by atoms with E-state index < -0.39 is 12.0 Å². The van der Waals surface area contributed by atoms with Crippen LogP contribution in [0.5, 0.6) is 0 Å². The molecule has 0 spiro atoms. The second-order valence-corrected chi connectivity index (χ2v) is 5.37. The average molecular weight is 281 g/mol. The van der Waals surface area contributed by atoms with Crippen molar-refractivity contribution < 1.29 is 14.7 Å². The minimum Gasteiger partial charge on any atom is -0.480 e. The van der Waals surface area contributed by atoms with E-state index in [9.17, 15) is 9.59 Å². The lowest BCUT2D eigenvalue weighted by molar-refractivity contribution is -0.140. The molecule has 1 aliphatic carbocycles. The Kier molecular flexibility index (Phi) is 4.36. The number of hydrogen-bond acceptors (Lipinski definition) is 5. The van der Waals surface area contributed by atoms with Crippen LogP contribution in [0.1, 0.15) is 24.6 Å². The van der Waals surface area contributed by atoms with Gasteiger partial charge in [0.2, 0.25) is 5.91 Å². The minimum absolute atomic E-state index is 0.262. The van der Waals surface area contributed by atoms with E-state index in [2.05, 4.69) is 15.3 Å². The molecule has 1 atom stereocenters. The molecule has 0 saturated heterocycles. The number of rotatable bonds is 5. The molecular formula is C12H15N3O3S. The van der Waals surface area contributed by atoms with Gasteiger partial charge in [-0.2, -0.15) is 0 Å². The molecule has 0 saturated carbocycles. The van der Waals surface area contributed by atoms with Gasteiger partial charge in [-0.15, -0.1) is 11.8 Å². The maximum atomic E-state index is 11.0. The van der Waals surface area contributed by atoms with Crippen molar-refractivity contribution in [2.45, 2.75) is 37.3 Å². The first-order valence-electron chi connectivity index (χ1n) is 6.03. The Morgan fingerprint density at radius 2 is 2.26 bits per heavy atom. The molecule has 0 radical (unpaired) electrons. The molecular weight excluding hydrogens is 266 g/mol. The van der Waals surface area contributed by atoms with Crippen molar-refractivity contribution in [2.24, 2.45) is 0 Å². The summed E-state index contributed by atoms with van der Waals surface area (Å²) in [7, 11) is 0. The van der Waals surface area contributed by atoms with Gasteiger partial charge in [-0.1, -0.05) is 0 Å². The molecule has 7 heteroatoms. The van der Waals surface area contributed by atoms with E-state index in [1.54, 1.807) is 0 Å². The van der Waals surface area contributed by atoms with Crippen LogP contribution in [-0.2, 0) is 22.4 Å². The third-order valence-corrected chi connectivity index (χ3v) is 4.02. The predicted octanol–water partition coefficient (Wildman–Crippen LogP) is 0.647. The molecule has 19 heavy (non-hydrogen) atoms. The van der Waals surface area contributed by atoms with Crippen molar-refractivity contribution in [1.29, 1.82) is 0 Å². The summed E-state index contributed by atoms with van der Waals surface area (Å²) in [6, 6.07) is -0.894. The third kappa shape index (κ3) is 3.44. The Labute approximate surface area is 115 Å². The number of amides is 1. The number of thioether (sulfide) groups is 1. The van der Waals surface area contributed by atoms with Gasteiger partial charge in [-0.3, -0.25) is 4.79 Å². The highest BCUT2D eigenvalue weighted by molar-refractivity contribution is 7.99. The van der Waals surface area contributed by atoms with Gasteiger partial charge in [0.05, 0.1) is 0 Å². The highest BCUT2D eigenvalue weighted by Gasteiger charge is 2.22. The number of nitrogens with one attached hydrogen (secondary N) is 1. The second-order valence-electron chi connectivity index (χ2n) is 4.36. The highest BCUT2D eigenvalue weighted by Crippen LogP contribution is 2.28. The van der Waals surface area contributed by atoms with Crippen LogP contribution in [0.2, 0.25) is 0 Å². The molecule has 1 aromatic heterocycles. The van der Waals surface area contributed by atoms with Crippen molar-refractivity contribution in [2.75, 3.05) is 5.75 Å². The molecule has 1 aromatic rings. The molecule has 0 aliphatic heterocycles. The van der Waals surface area contributed by atoms with E-state index in [0.717, 1.165) is 35.5 Å². The molecule has 0 fully saturated rings. The van der Waals surface area contributed by atoms with Gasteiger partial charge in [0, 0.05) is 23.9 Å². The van der Waals surface area contributed by atoms with Crippen LogP contribution in [0.15, 0.2) is 11.4 Å². The van der Waals surface area contributed by atoms with Gasteiger partial charge in [0.15, 0.2) is 0 Å². The van der Waals surface area contributed by atoms with Gasteiger partial charge in [-0.05, 0) is 19.3 Å². The van der Waals surface area contributed by atoms with Crippen molar-refractivity contribution >= 4 is 23.6 Å². The number of aromatic nitrogens is 2. The van der Waals surface area contributed by atoms with Gasteiger partial charge < -0.3 is 10.4 Å². The van der Waals surface area contributed by atoms with Gasteiger partial charge in [0.25, 0.3) is 0 Å². The normalized spacial score (nSPS) is 14.8. The molecule has 2 N–H and O–H groups in total. The zero-order chi connectivity index (χ0) is 13.8. The molecule has 1 amide bonds. The third-order valence-electron chi connectivity index (χ3n) is 2.90. The maximum absolute atomic E-state index is 11.0. The van der Waals surface area contributed by atoms with Crippen LogP contribution in [0.3, 0.4) is 0 Å². The van der Waals surface area contributed by atoms with Crippen LogP contribution < -0.4 is 5.32 Å². The van der Waals surface area contributed by atoms with Crippen LogP contribution in [0.4, 0.5) is 0 Å². The van der Waals surface area contributed by atoms with Crippen molar-refractivity contribution in [3.8, 4) is 0 Å². The lowest BCUT2D eigenvalue weighted by Crippen LogP contribution is -2.41. The number of aryl methyl sites for hydroxylation is 1. The molecule has 1 aliphatic rings. The largest absolute Gasteiger partial charge is 0.480 e. The number of carbonyl (C=O) groups is 2. The van der Waals surface area contributed by atoms with Gasteiger partial charge in [0.1, 0.15) is 17.4 Å². The van der Waals surface area contributed by atoms with E-state index in [-0.39, 0.29) is 11.7 Å². The number of carboxylic acids is 1.